The monoisotopic (exact) mass is 347 g/mol. The number of carbonyl (C=O) groups excluding carboxylic acids is 1. The molecule has 0 unspecified atom stereocenters. The van der Waals surface area contributed by atoms with Crippen LogP contribution in [0.25, 0.3) is 0 Å². The number of pyridine rings is 1. The van der Waals surface area contributed by atoms with Gasteiger partial charge in [-0.3, -0.25) is 4.79 Å². The molecule has 5 heteroatoms. The van der Waals surface area contributed by atoms with E-state index < -0.39 is 0 Å². The number of rotatable bonds is 4. The van der Waals surface area contributed by atoms with Gasteiger partial charge in [0.05, 0.1) is 5.56 Å². The van der Waals surface area contributed by atoms with E-state index in [1.54, 1.807) is 24.3 Å². The Morgan fingerprint density at radius 1 is 0.923 bits per heavy atom. The van der Waals surface area contributed by atoms with Crippen LogP contribution < -0.4 is 15.8 Å². The van der Waals surface area contributed by atoms with Gasteiger partial charge in [-0.15, -0.1) is 0 Å². The average Bonchev–Trinajstić information content (AvgIpc) is 2.60. The van der Waals surface area contributed by atoms with Crippen LogP contribution in [-0.4, -0.2) is 10.9 Å². The summed E-state index contributed by atoms with van der Waals surface area (Å²) in [5.41, 5.74) is 9.99. The molecular weight excluding hydrogens is 326 g/mol. The number of nitrogens with two attached hydrogens (primary N) is 1. The Morgan fingerprint density at radius 3 is 2.27 bits per heavy atom. The van der Waals surface area contributed by atoms with Crippen molar-refractivity contribution in [2.24, 2.45) is 0 Å². The molecular formula is C21H21N3O2. The fraction of sp³-hybridized carbons (Fsp3) is 0.143. The quantitative estimate of drug-likeness (QED) is 0.721. The van der Waals surface area contributed by atoms with E-state index in [0.717, 1.165) is 11.4 Å². The van der Waals surface area contributed by atoms with E-state index in [1.165, 1.54) is 11.1 Å². The van der Waals surface area contributed by atoms with Crippen molar-refractivity contribution >= 4 is 17.4 Å². The third-order valence-corrected chi connectivity index (χ3v) is 4.13. The number of carbonyl (C=O) groups is 1. The fourth-order valence-corrected chi connectivity index (χ4v) is 2.49. The van der Waals surface area contributed by atoms with Crippen LogP contribution in [0.15, 0.2) is 54.6 Å². The van der Waals surface area contributed by atoms with E-state index in [1.807, 2.05) is 44.2 Å². The van der Waals surface area contributed by atoms with Crippen molar-refractivity contribution < 1.29 is 9.53 Å². The minimum absolute atomic E-state index is 0.220. The van der Waals surface area contributed by atoms with Gasteiger partial charge in [0.2, 0.25) is 0 Å². The van der Waals surface area contributed by atoms with Gasteiger partial charge in [-0.05, 0) is 80.4 Å². The van der Waals surface area contributed by atoms with Crippen LogP contribution in [0.4, 0.5) is 11.5 Å². The number of nitrogens with zero attached hydrogens (tertiary/aromatic N) is 1. The summed E-state index contributed by atoms with van der Waals surface area (Å²) in [5.74, 6) is 1.40. The zero-order valence-electron chi connectivity index (χ0n) is 15.0. The molecule has 5 nitrogen and oxygen atoms in total. The van der Waals surface area contributed by atoms with Crippen molar-refractivity contribution in [3.63, 3.8) is 0 Å². The van der Waals surface area contributed by atoms with Gasteiger partial charge < -0.3 is 15.8 Å². The molecule has 0 aliphatic heterocycles. The van der Waals surface area contributed by atoms with Crippen molar-refractivity contribution in [3.8, 4) is 11.5 Å². The maximum atomic E-state index is 12.3. The Labute approximate surface area is 152 Å². The van der Waals surface area contributed by atoms with Crippen LogP contribution in [0.2, 0.25) is 0 Å². The normalized spacial score (nSPS) is 10.4. The molecule has 1 amide bonds. The molecule has 26 heavy (non-hydrogen) atoms. The van der Waals surface area contributed by atoms with Gasteiger partial charge in [0.15, 0.2) is 0 Å². The van der Waals surface area contributed by atoms with Crippen LogP contribution in [-0.2, 0) is 0 Å². The zero-order chi connectivity index (χ0) is 18.7. The number of amides is 1. The minimum atomic E-state index is -0.294. The topological polar surface area (TPSA) is 77.2 Å². The smallest absolute Gasteiger partial charge is 0.259 e. The van der Waals surface area contributed by atoms with Gasteiger partial charge >= 0.3 is 0 Å². The predicted octanol–water partition coefficient (Wildman–Crippen LogP) is 4.63. The van der Waals surface area contributed by atoms with Gasteiger partial charge in [-0.25, -0.2) is 4.98 Å². The average molecular weight is 347 g/mol. The van der Waals surface area contributed by atoms with Crippen LogP contribution in [0.3, 0.4) is 0 Å². The molecule has 0 saturated carbocycles. The molecule has 3 rings (SSSR count). The number of benzene rings is 2. The summed E-state index contributed by atoms with van der Waals surface area (Å²) in [6, 6.07) is 16.6. The van der Waals surface area contributed by atoms with Crippen LogP contribution >= 0.6 is 0 Å². The second-order valence-electron chi connectivity index (χ2n) is 6.21. The zero-order valence-corrected chi connectivity index (χ0v) is 15.0. The first kappa shape index (κ1) is 17.5. The van der Waals surface area contributed by atoms with Gasteiger partial charge in [-0.1, -0.05) is 6.07 Å². The Balaban J connectivity index is 1.69. The number of aromatic nitrogens is 1. The molecule has 3 N–H and O–H groups in total. The highest BCUT2D eigenvalue weighted by Crippen LogP contribution is 2.25. The number of nitrogens with one attached hydrogen (secondary N) is 1. The lowest BCUT2D eigenvalue weighted by Crippen LogP contribution is -2.15. The Kier molecular flexibility index (Phi) is 4.89. The van der Waals surface area contributed by atoms with Gasteiger partial charge in [0, 0.05) is 11.4 Å². The number of hydrogen-bond donors (Lipinski definition) is 2. The molecule has 0 radical (unpaired) electrons. The fourth-order valence-electron chi connectivity index (χ4n) is 2.49. The SMILES string of the molecule is Cc1ccc(C(=O)Nc2ccc(Oc3ccc(C)c(C)c3)cc2)c(N)n1. The van der Waals surface area contributed by atoms with Gasteiger partial charge in [-0.2, -0.15) is 0 Å². The minimum Gasteiger partial charge on any atom is -0.457 e. The number of ether oxygens (including phenoxy) is 1. The maximum Gasteiger partial charge on any atom is 0.259 e. The van der Waals surface area contributed by atoms with Crippen molar-refractivity contribution in [2.75, 3.05) is 11.1 Å². The summed E-state index contributed by atoms with van der Waals surface area (Å²) < 4.78 is 5.85. The standard InChI is InChI=1S/C21H21N3O2/c1-13-4-8-18(12-14(13)2)26-17-9-6-16(7-10-17)24-21(25)19-11-5-15(3)23-20(19)22/h4-12H,1-3H3,(H2,22,23)(H,24,25). The first-order chi connectivity index (χ1) is 12.4. The number of nitrogen functional groups attached to an aromatic ring is 1. The second kappa shape index (κ2) is 7.27. The first-order valence-corrected chi connectivity index (χ1v) is 8.32. The summed E-state index contributed by atoms with van der Waals surface area (Å²) in [7, 11) is 0. The molecule has 0 aliphatic carbocycles. The first-order valence-electron chi connectivity index (χ1n) is 8.32. The third-order valence-electron chi connectivity index (χ3n) is 4.13. The van der Waals surface area contributed by atoms with Gasteiger partial charge in [0.1, 0.15) is 17.3 Å². The molecule has 1 heterocycles. The lowest BCUT2D eigenvalue weighted by atomic mass is 10.1. The molecule has 2 aromatic carbocycles. The van der Waals surface area contributed by atoms with E-state index >= 15 is 0 Å². The number of aryl methyl sites for hydroxylation is 3. The summed E-state index contributed by atoms with van der Waals surface area (Å²) in [6.45, 7) is 5.94. The van der Waals surface area contributed by atoms with Crippen LogP contribution in [0, 0.1) is 20.8 Å². The summed E-state index contributed by atoms with van der Waals surface area (Å²) >= 11 is 0. The van der Waals surface area contributed by atoms with Gasteiger partial charge in [0.25, 0.3) is 5.91 Å². The Morgan fingerprint density at radius 2 is 1.62 bits per heavy atom. The summed E-state index contributed by atoms with van der Waals surface area (Å²) in [4.78, 5) is 16.4. The summed E-state index contributed by atoms with van der Waals surface area (Å²) in [6.07, 6.45) is 0. The Bertz CT molecular complexity index is 950. The highest BCUT2D eigenvalue weighted by Gasteiger charge is 2.11. The van der Waals surface area contributed by atoms with E-state index in [0.29, 0.717) is 17.0 Å². The van der Waals surface area contributed by atoms with Crippen LogP contribution in [0.5, 0.6) is 11.5 Å². The largest absolute Gasteiger partial charge is 0.457 e. The number of hydrogen-bond acceptors (Lipinski definition) is 4. The molecule has 0 spiro atoms. The summed E-state index contributed by atoms with van der Waals surface area (Å²) in [5, 5.41) is 2.81. The third kappa shape index (κ3) is 4.00. The van der Waals surface area contributed by atoms with E-state index in [9.17, 15) is 4.79 Å². The Hall–Kier alpha value is -3.34. The molecule has 1 aromatic heterocycles. The maximum absolute atomic E-state index is 12.3. The van der Waals surface area contributed by atoms with Crippen molar-refractivity contribution in [1.82, 2.24) is 4.98 Å². The molecule has 0 saturated heterocycles. The molecule has 132 valence electrons. The predicted molar refractivity (Wildman–Crippen MR) is 104 cm³/mol. The van der Waals surface area contributed by atoms with E-state index in [4.69, 9.17) is 10.5 Å². The van der Waals surface area contributed by atoms with Crippen LogP contribution in [0.1, 0.15) is 27.2 Å². The number of anilines is 2. The second-order valence-corrected chi connectivity index (χ2v) is 6.21. The highest BCUT2D eigenvalue weighted by molar-refractivity contribution is 6.07. The highest BCUT2D eigenvalue weighted by atomic mass is 16.5. The van der Waals surface area contributed by atoms with Crippen molar-refractivity contribution in [3.05, 3.63) is 77.0 Å². The lowest BCUT2D eigenvalue weighted by molar-refractivity contribution is 0.102. The molecule has 3 aromatic rings. The van der Waals surface area contributed by atoms with Crippen molar-refractivity contribution in [1.29, 1.82) is 0 Å². The molecule has 0 fully saturated rings. The molecule has 0 aliphatic rings. The molecule has 0 atom stereocenters. The van der Waals surface area contributed by atoms with E-state index in [2.05, 4.69) is 17.2 Å². The lowest BCUT2D eigenvalue weighted by Gasteiger charge is -2.10. The van der Waals surface area contributed by atoms with Crippen molar-refractivity contribution in [2.45, 2.75) is 20.8 Å². The van der Waals surface area contributed by atoms with E-state index in [-0.39, 0.29) is 11.7 Å². The molecule has 0 bridgehead atoms.